The monoisotopic (exact) mass is 277 g/mol. The Morgan fingerprint density at radius 3 is 2.70 bits per heavy atom. The molecule has 0 spiro atoms. The van der Waals surface area contributed by atoms with Gasteiger partial charge in [0.1, 0.15) is 0 Å². The van der Waals surface area contributed by atoms with Crippen molar-refractivity contribution in [3.63, 3.8) is 0 Å². The van der Waals surface area contributed by atoms with Crippen LogP contribution in [0.5, 0.6) is 0 Å². The lowest BCUT2D eigenvalue weighted by atomic mass is 10.1. The van der Waals surface area contributed by atoms with Gasteiger partial charge in [0, 0.05) is 18.2 Å². The minimum absolute atomic E-state index is 0.00800. The van der Waals surface area contributed by atoms with Crippen LogP contribution in [0, 0.1) is 0 Å². The first-order chi connectivity index (χ1) is 9.51. The van der Waals surface area contributed by atoms with Crippen LogP contribution < -0.4 is 16.4 Å². The van der Waals surface area contributed by atoms with E-state index in [0.717, 1.165) is 17.7 Å². The zero-order chi connectivity index (χ0) is 15.0. The van der Waals surface area contributed by atoms with E-state index in [-0.39, 0.29) is 24.4 Å². The van der Waals surface area contributed by atoms with Gasteiger partial charge in [-0.1, -0.05) is 19.1 Å². The summed E-state index contributed by atoms with van der Waals surface area (Å²) in [6.45, 7) is 3.88. The summed E-state index contributed by atoms with van der Waals surface area (Å²) < 4.78 is 0. The van der Waals surface area contributed by atoms with Gasteiger partial charge in [-0.3, -0.25) is 9.59 Å². The lowest BCUT2D eigenvalue weighted by Crippen LogP contribution is -2.33. The van der Waals surface area contributed by atoms with Gasteiger partial charge in [-0.2, -0.15) is 0 Å². The molecule has 0 radical (unpaired) electrons. The van der Waals surface area contributed by atoms with E-state index < -0.39 is 0 Å². The predicted octanol–water partition coefficient (Wildman–Crippen LogP) is 1.43. The Bertz CT molecular complexity index is 458. The first-order valence-corrected chi connectivity index (χ1v) is 6.92. The van der Waals surface area contributed by atoms with Gasteiger partial charge in [0.15, 0.2) is 0 Å². The third kappa shape index (κ3) is 6.33. The third-order valence-corrected chi connectivity index (χ3v) is 2.89. The highest BCUT2D eigenvalue weighted by atomic mass is 16.2. The van der Waals surface area contributed by atoms with Crippen molar-refractivity contribution in [2.75, 3.05) is 11.9 Å². The molecule has 1 aromatic rings. The topological polar surface area (TPSA) is 84.2 Å². The van der Waals surface area contributed by atoms with E-state index in [9.17, 15) is 9.59 Å². The summed E-state index contributed by atoms with van der Waals surface area (Å²) in [5.41, 5.74) is 7.47. The number of anilines is 1. The summed E-state index contributed by atoms with van der Waals surface area (Å²) in [6, 6.07) is 7.65. The van der Waals surface area contributed by atoms with Gasteiger partial charge in [0.2, 0.25) is 11.8 Å². The SMILES string of the molecule is CCc1cccc(NC(=O)CNC(=O)CCC(C)N)c1. The molecular formula is C15H23N3O2. The number of amides is 2. The largest absolute Gasteiger partial charge is 0.347 e. The standard InChI is InChI=1S/C15H23N3O2/c1-3-12-5-4-6-13(9-12)18-15(20)10-17-14(19)8-7-11(2)16/h4-6,9,11H,3,7-8,10,16H2,1-2H3,(H,17,19)(H,18,20). The molecule has 110 valence electrons. The molecule has 1 unspecified atom stereocenters. The fourth-order valence-corrected chi connectivity index (χ4v) is 1.70. The van der Waals surface area contributed by atoms with Gasteiger partial charge in [0.05, 0.1) is 6.54 Å². The van der Waals surface area contributed by atoms with Crippen LogP contribution in [0.1, 0.15) is 32.3 Å². The third-order valence-electron chi connectivity index (χ3n) is 2.89. The Hall–Kier alpha value is -1.88. The van der Waals surface area contributed by atoms with Crippen LogP contribution in [-0.4, -0.2) is 24.4 Å². The second kappa shape index (κ2) is 8.32. The predicted molar refractivity (Wildman–Crippen MR) is 80.3 cm³/mol. The molecule has 0 fully saturated rings. The quantitative estimate of drug-likeness (QED) is 0.705. The molecule has 1 atom stereocenters. The molecule has 5 heteroatoms. The normalized spacial score (nSPS) is 11.8. The van der Waals surface area contributed by atoms with Crippen LogP contribution >= 0.6 is 0 Å². The van der Waals surface area contributed by atoms with Crippen LogP contribution in [-0.2, 0) is 16.0 Å². The van der Waals surface area contributed by atoms with E-state index in [2.05, 4.69) is 17.6 Å². The Morgan fingerprint density at radius 1 is 1.30 bits per heavy atom. The molecule has 0 aliphatic carbocycles. The minimum Gasteiger partial charge on any atom is -0.347 e. The summed E-state index contributed by atoms with van der Waals surface area (Å²) in [5.74, 6) is -0.382. The number of carbonyl (C=O) groups is 2. The second-order valence-corrected chi connectivity index (χ2v) is 4.89. The Morgan fingerprint density at radius 2 is 2.05 bits per heavy atom. The average molecular weight is 277 g/mol. The molecule has 0 bridgehead atoms. The molecule has 0 heterocycles. The van der Waals surface area contributed by atoms with Gasteiger partial charge < -0.3 is 16.4 Å². The molecule has 0 saturated carbocycles. The molecule has 1 rings (SSSR count). The highest BCUT2D eigenvalue weighted by molar-refractivity contribution is 5.94. The number of hydrogen-bond acceptors (Lipinski definition) is 3. The zero-order valence-electron chi connectivity index (χ0n) is 12.1. The Labute approximate surface area is 119 Å². The van der Waals surface area contributed by atoms with Crippen molar-refractivity contribution in [1.82, 2.24) is 5.32 Å². The number of benzene rings is 1. The fraction of sp³-hybridized carbons (Fsp3) is 0.467. The Balaban J connectivity index is 2.34. The van der Waals surface area contributed by atoms with E-state index in [4.69, 9.17) is 5.73 Å². The summed E-state index contributed by atoms with van der Waals surface area (Å²) in [4.78, 5) is 23.2. The Kier molecular flexibility index (Phi) is 6.73. The lowest BCUT2D eigenvalue weighted by Gasteiger charge is -2.08. The van der Waals surface area contributed by atoms with Crippen LogP contribution in [0.2, 0.25) is 0 Å². The van der Waals surface area contributed by atoms with E-state index in [1.807, 2.05) is 31.2 Å². The van der Waals surface area contributed by atoms with Crippen LogP contribution in [0.4, 0.5) is 5.69 Å². The van der Waals surface area contributed by atoms with E-state index in [1.165, 1.54) is 0 Å². The summed E-state index contributed by atoms with van der Waals surface area (Å²) in [5, 5.41) is 5.34. The van der Waals surface area contributed by atoms with Crippen LogP contribution in [0.3, 0.4) is 0 Å². The highest BCUT2D eigenvalue weighted by Crippen LogP contribution is 2.10. The first-order valence-electron chi connectivity index (χ1n) is 6.92. The van der Waals surface area contributed by atoms with Crippen molar-refractivity contribution in [2.45, 2.75) is 39.2 Å². The van der Waals surface area contributed by atoms with Crippen molar-refractivity contribution >= 4 is 17.5 Å². The van der Waals surface area contributed by atoms with Crippen molar-refractivity contribution in [1.29, 1.82) is 0 Å². The number of nitrogens with one attached hydrogen (secondary N) is 2. The minimum atomic E-state index is -0.229. The lowest BCUT2D eigenvalue weighted by molar-refractivity contribution is -0.124. The van der Waals surface area contributed by atoms with E-state index >= 15 is 0 Å². The van der Waals surface area contributed by atoms with E-state index in [0.29, 0.717) is 12.8 Å². The average Bonchev–Trinajstić information content (AvgIpc) is 2.43. The molecule has 2 amide bonds. The molecule has 1 aromatic carbocycles. The number of hydrogen-bond donors (Lipinski definition) is 3. The highest BCUT2D eigenvalue weighted by Gasteiger charge is 2.07. The van der Waals surface area contributed by atoms with Crippen LogP contribution in [0.25, 0.3) is 0 Å². The molecule has 0 aliphatic rings. The summed E-state index contributed by atoms with van der Waals surface area (Å²) in [6.07, 6.45) is 1.87. The number of nitrogens with two attached hydrogens (primary N) is 1. The molecule has 0 saturated heterocycles. The van der Waals surface area contributed by atoms with Crippen molar-refractivity contribution in [3.8, 4) is 0 Å². The fourth-order valence-electron chi connectivity index (χ4n) is 1.70. The number of aryl methyl sites for hydroxylation is 1. The maximum atomic E-state index is 11.7. The molecule has 5 nitrogen and oxygen atoms in total. The van der Waals surface area contributed by atoms with Gasteiger partial charge in [-0.15, -0.1) is 0 Å². The van der Waals surface area contributed by atoms with Crippen molar-refractivity contribution in [3.05, 3.63) is 29.8 Å². The maximum absolute atomic E-state index is 11.7. The smallest absolute Gasteiger partial charge is 0.243 e. The summed E-state index contributed by atoms with van der Waals surface area (Å²) >= 11 is 0. The number of carbonyl (C=O) groups excluding carboxylic acids is 2. The van der Waals surface area contributed by atoms with Crippen molar-refractivity contribution in [2.24, 2.45) is 5.73 Å². The second-order valence-electron chi connectivity index (χ2n) is 4.89. The molecular weight excluding hydrogens is 254 g/mol. The molecule has 20 heavy (non-hydrogen) atoms. The number of rotatable bonds is 7. The first kappa shape index (κ1) is 16.2. The van der Waals surface area contributed by atoms with Gasteiger partial charge >= 0.3 is 0 Å². The van der Waals surface area contributed by atoms with Crippen LogP contribution in [0.15, 0.2) is 24.3 Å². The van der Waals surface area contributed by atoms with Crippen molar-refractivity contribution < 1.29 is 9.59 Å². The molecule has 4 N–H and O–H groups in total. The summed E-state index contributed by atoms with van der Waals surface area (Å²) in [7, 11) is 0. The van der Waals surface area contributed by atoms with Gasteiger partial charge in [0.25, 0.3) is 0 Å². The molecule has 0 aliphatic heterocycles. The van der Waals surface area contributed by atoms with Gasteiger partial charge in [-0.05, 0) is 37.5 Å². The van der Waals surface area contributed by atoms with Gasteiger partial charge in [-0.25, -0.2) is 0 Å². The zero-order valence-corrected chi connectivity index (χ0v) is 12.1. The van der Waals surface area contributed by atoms with E-state index in [1.54, 1.807) is 0 Å². The maximum Gasteiger partial charge on any atom is 0.243 e. The molecule has 0 aromatic heterocycles.